The number of hydrogen-bond donors (Lipinski definition) is 3. The molecule has 5 atom stereocenters. The second kappa shape index (κ2) is 15.6. The molecule has 17 heteroatoms. The molecule has 4 aromatic rings. The summed E-state index contributed by atoms with van der Waals surface area (Å²) in [6, 6.07) is 8.56. The molecule has 0 radical (unpaired) electrons. The van der Waals surface area contributed by atoms with Gasteiger partial charge in [-0.25, -0.2) is 27.2 Å². The van der Waals surface area contributed by atoms with E-state index in [0.29, 0.717) is 54.3 Å². The van der Waals surface area contributed by atoms with Gasteiger partial charge in [0.1, 0.15) is 41.1 Å². The highest BCUT2D eigenvalue weighted by atomic mass is 32.2. The van der Waals surface area contributed by atoms with Crippen molar-refractivity contribution >= 4 is 55.0 Å². The van der Waals surface area contributed by atoms with Gasteiger partial charge in [0.25, 0.3) is 5.91 Å². The van der Waals surface area contributed by atoms with Crippen LogP contribution in [0.2, 0.25) is 0 Å². The van der Waals surface area contributed by atoms with Gasteiger partial charge < -0.3 is 25.0 Å². The maximum Gasteiger partial charge on any atom is 0.259 e. The number of nitrogens with one attached hydrogen (secondary N) is 3. The van der Waals surface area contributed by atoms with Gasteiger partial charge >= 0.3 is 0 Å². The fourth-order valence-corrected chi connectivity index (χ4v) is 9.79. The van der Waals surface area contributed by atoms with Crippen molar-refractivity contribution in [3.63, 3.8) is 0 Å². The third kappa shape index (κ3) is 8.17. The Kier molecular flexibility index (Phi) is 10.6. The molecule has 4 aliphatic rings. The third-order valence-corrected chi connectivity index (χ3v) is 13.7. The summed E-state index contributed by atoms with van der Waals surface area (Å²) in [6.07, 6.45) is 9.22. The van der Waals surface area contributed by atoms with Gasteiger partial charge in [0.2, 0.25) is 27.7 Å². The highest BCUT2D eigenvalue weighted by Gasteiger charge is 2.62. The van der Waals surface area contributed by atoms with Gasteiger partial charge in [-0.15, -0.1) is 11.3 Å². The first-order valence-corrected chi connectivity index (χ1v) is 21.5. The number of benzene rings is 2. The van der Waals surface area contributed by atoms with E-state index >= 15 is 0 Å². The number of rotatable bonds is 9. The minimum atomic E-state index is -3.91. The lowest BCUT2D eigenvalue weighted by Gasteiger charge is -2.29. The molecule has 3 fully saturated rings. The summed E-state index contributed by atoms with van der Waals surface area (Å²) >= 11 is 1.16. The van der Waals surface area contributed by atoms with Crippen LogP contribution in [-0.4, -0.2) is 83.6 Å². The Hall–Kier alpha value is -5.16. The number of aromatic nitrogens is 2. The molecule has 57 heavy (non-hydrogen) atoms. The van der Waals surface area contributed by atoms with Crippen LogP contribution >= 0.6 is 11.3 Å². The number of ether oxygens (including phenoxy) is 2. The van der Waals surface area contributed by atoms with E-state index < -0.39 is 74.3 Å². The quantitative estimate of drug-likeness (QED) is 0.184. The van der Waals surface area contributed by atoms with E-state index in [2.05, 4.69) is 25.3 Å². The number of carbonyl (C=O) groups excluding carboxylic acids is 3. The van der Waals surface area contributed by atoms with Gasteiger partial charge in [0, 0.05) is 40.9 Å². The number of methoxy groups -OCH3 is 1. The van der Waals surface area contributed by atoms with E-state index in [0.717, 1.165) is 41.7 Å². The number of thiazole rings is 1. The van der Waals surface area contributed by atoms with E-state index in [-0.39, 0.29) is 30.6 Å². The molecule has 8 rings (SSSR count). The van der Waals surface area contributed by atoms with Crippen LogP contribution in [0.4, 0.5) is 13.9 Å². The first-order valence-electron chi connectivity index (χ1n) is 19.1. The summed E-state index contributed by atoms with van der Waals surface area (Å²) in [5.41, 5.74) is -1.13. The maximum atomic E-state index is 14.7. The Morgan fingerprint density at radius 2 is 1.91 bits per heavy atom. The first-order chi connectivity index (χ1) is 27.4. The lowest BCUT2D eigenvalue weighted by Crippen LogP contribution is -2.57. The Bertz CT molecular complexity index is 2350. The molecule has 2 aromatic carbocycles. The van der Waals surface area contributed by atoms with Crippen molar-refractivity contribution < 1.29 is 41.1 Å². The molecule has 3 amide bonds. The van der Waals surface area contributed by atoms with Crippen LogP contribution in [0, 0.1) is 17.6 Å². The van der Waals surface area contributed by atoms with Crippen LogP contribution in [-0.2, 0) is 24.4 Å². The number of hydrogen-bond acceptors (Lipinski definition) is 11. The van der Waals surface area contributed by atoms with Gasteiger partial charge in [-0.3, -0.25) is 19.1 Å². The number of sulfonamides is 1. The van der Waals surface area contributed by atoms with E-state index in [1.807, 2.05) is 30.4 Å². The number of pyridine rings is 1. The number of amides is 3. The van der Waals surface area contributed by atoms with Crippen molar-refractivity contribution in [1.82, 2.24) is 24.9 Å². The predicted octanol–water partition coefficient (Wildman–Crippen LogP) is 5.48. The summed E-state index contributed by atoms with van der Waals surface area (Å²) in [7, 11) is -2.33. The minimum Gasteiger partial charge on any atom is -0.497 e. The maximum absolute atomic E-state index is 14.7. The standard InChI is InChI=1S/C40H42F2N6O7S2/c1-54-26-10-14-29-23(17-26)15-16-43-36(29)55-27-19-34-35(49)46-40(38(51)47-57(52,53)28-11-12-28)20-24(40)7-5-3-2-4-6-8-32(37(50)48(34)21-27)44-39-45-33(22-56-39)30-13-9-25(41)18-31(30)42/h5,7,9-10,13-18,22,24,27-28,32,34H,2-4,6,8,11-12,19-21H2,1H3,(H,44,45)(H,46,49)(H,47,51)/t24-,27-,32+,34+,40-/m1/s1. The Morgan fingerprint density at radius 3 is 2.70 bits per heavy atom. The van der Waals surface area contributed by atoms with Crippen LogP contribution in [0.1, 0.15) is 57.8 Å². The lowest BCUT2D eigenvalue weighted by atomic mass is 10.1. The molecule has 0 bridgehead atoms. The number of allylic oxidation sites excluding steroid dienone is 1. The SMILES string of the molecule is COc1ccc2c(O[C@@H]3C[C@H]4C(=O)N[C@]5(C(=O)NS(=O)(=O)C6CC6)C[C@H]5C=CCCCCC[C@H](Nc5nc(-c6ccc(F)cc6F)cs5)C(=O)N4C3)nccc2c1. The zero-order valence-corrected chi connectivity index (χ0v) is 32.7. The molecule has 0 unspecified atom stereocenters. The molecule has 13 nitrogen and oxygen atoms in total. The van der Waals surface area contributed by atoms with Gasteiger partial charge in [-0.05, 0) is 80.3 Å². The number of nitrogens with zero attached hydrogens (tertiary/aromatic N) is 3. The van der Waals surface area contributed by atoms with Crippen LogP contribution in [0.3, 0.4) is 0 Å². The second-order valence-corrected chi connectivity index (χ2v) is 17.9. The smallest absolute Gasteiger partial charge is 0.259 e. The molecule has 0 spiro atoms. The topological polar surface area (TPSA) is 169 Å². The molecule has 300 valence electrons. The lowest BCUT2D eigenvalue weighted by molar-refractivity contribution is -0.140. The fraction of sp³-hybridized carbons (Fsp3) is 0.425. The van der Waals surface area contributed by atoms with Gasteiger partial charge in [-0.2, -0.15) is 0 Å². The molecule has 2 saturated carbocycles. The zero-order chi connectivity index (χ0) is 39.9. The number of halogens is 2. The van der Waals surface area contributed by atoms with Gasteiger partial charge in [0.05, 0.1) is 24.6 Å². The summed E-state index contributed by atoms with van der Waals surface area (Å²) in [5, 5.41) is 8.96. The summed E-state index contributed by atoms with van der Waals surface area (Å²) < 4.78 is 68.1. The largest absolute Gasteiger partial charge is 0.497 e. The average Bonchev–Trinajstić information content (AvgIpc) is 4.07. The van der Waals surface area contributed by atoms with Crippen molar-refractivity contribution in [2.45, 2.75) is 86.8 Å². The second-order valence-electron chi connectivity index (χ2n) is 15.1. The molecular weight excluding hydrogens is 779 g/mol. The van der Waals surface area contributed by atoms with Crippen LogP contribution in [0.5, 0.6) is 11.6 Å². The van der Waals surface area contributed by atoms with Crippen LogP contribution in [0.15, 0.2) is 66.2 Å². The van der Waals surface area contributed by atoms with Crippen molar-refractivity contribution in [3.8, 4) is 22.9 Å². The summed E-state index contributed by atoms with van der Waals surface area (Å²) in [4.78, 5) is 53.4. The predicted molar refractivity (Wildman–Crippen MR) is 209 cm³/mol. The summed E-state index contributed by atoms with van der Waals surface area (Å²) in [6.45, 7) is 0.00577. The fourth-order valence-electron chi connectivity index (χ4n) is 7.66. The van der Waals surface area contributed by atoms with E-state index in [1.54, 1.807) is 24.8 Å². The monoisotopic (exact) mass is 820 g/mol. The molecule has 2 aliphatic carbocycles. The Morgan fingerprint density at radius 1 is 1.07 bits per heavy atom. The zero-order valence-electron chi connectivity index (χ0n) is 31.1. The Balaban J connectivity index is 1.10. The average molecular weight is 821 g/mol. The van der Waals surface area contributed by atoms with Crippen molar-refractivity contribution in [2.75, 3.05) is 19.0 Å². The van der Waals surface area contributed by atoms with Crippen molar-refractivity contribution in [3.05, 3.63) is 77.8 Å². The van der Waals surface area contributed by atoms with Crippen LogP contribution < -0.4 is 24.8 Å². The van der Waals surface area contributed by atoms with E-state index in [1.165, 1.54) is 11.0 Å². The van der Waals surface area contributed by atoms with E-state index in [9.17, 15) is 31.6 Å². The molecule has 4 heterocycles. The van der Waals surface area contributed by atoms with E-state index in [4.69, 9.17) is 9.47 Å². The highest BCUT2D eigenvalue weighted by molar-refractivity contribution is 7.91. The molecule has 3 N–H and O–H groups in total. The van der Waals surface area contributed by atoms with Gasteiger partial charge in [0.15, 0.2) is 5.13 Å². The van der Waals surface area contributed by atoms with Crippen molar-refractivity contribution in [1.29, 1.82) is 0 Å². The minimum absolute atomic E-state index is 0.00577. The normalized spacial score (nSPS) is 25.4. The molecule has 2 aliphatic heterocycles. The summed E-state index contributed by atoms with van der Waals surface area (Å²) in [5.74, 6) is -2.77. The highest BCUT2D eigenvalue weighted by Crippen LogP contribution is 2.46. The molecule has 1 saturated heterocycles. The number of carbonyl (C=O) groups is 3. The molecule has 2 aromatic heterocycles. The number of anilines is 1. The van der Waals surface area contributed by atoms with Gasteiger partial charge in [-0.1, -0.05) is 25.0 Å². The first kappa shape index (κ1) is 38.7. The van der Waals surface area contributed by atoms with Crippen LogP contribution in [0.25, 0.3) is 22.0 Å². The third-order valence-electron chi connectivity index (χ3n) is 11.1. The van der Waals surface area contributed by atoms with Crippen molar-refractivity contribution in [2.24, 2.45) is 5.92 Å². The number of fused-ring (bicyclic) bond motifs is 3. The Labute approximate surface area is 332 Å². The molecular formula is C40H42F2N6O7S2.